The Morgan fingerprint density at radius 3 is 2.33 bits per heavy atom. The quantitative estimate of drug-likeness (QED) is 0.658. The summed E-state index contributed by atoms with van der Waals surface area (Å²) in [7, 11) is 0. The van der Waals surface area contributed by atoms with Crippen LogP contribution < -0.4 is 5.32 Å². The molecule has 0 radical (unpaired) electrons. The second kappa shape index (κ2) is 7.51. The minimum atomic E-state index is 0.170. The molecule has 21 heavy (non-hydrogen) atoms. The van der Waals surface area contributed by atoms with Crippen LogP contribution in [0.15, 0.2) is 42.5 Å². The molecule has 1 N–H and O–H groups in total. The van der Waals surface area contributed by atoms with Gasteiger partial charge in [0.25, 0.3) is 0 Å². The maximum atomic E-state index is 6.31. The maximum absolute atomic E-state index is 6.31. The molecule has 1 unspecified atom stereocenters. The number of benzene rings is 2. The van der Waals surface area contributed by atoms with Crippen molar-refractivity contribution in [3.05, 3.63) is 68.7 Å². The first-order valence-corrected chi connectivity index (χ1v) is 8.11. The van der Waals surface area contributed by atoms with E-state index in [9.17, 15) is 0 Å². The molecule has 0 aliphatic carbocycles. The summed E-state index contributed by atoms with van der Waals surface area (Å²) in [4.78, 5) is 0. The van der Waals surface area contributed by atoms with Gasteiger partial charge in [-0.05, 0) is 48.7 Å². The Balaban J connectivity index is 2.18. The molecule has 0 aliphatic rings. The first-order chi connectivity index (χ1) is 10.0. The van der Waals surface area contributed by atoms with Gasteiger partial charge < -0.3 is 5.32 Å². The van der Waals surface area contributed by atoms with Gasteiger partial charge in [0.1, 0.15) is 0 Å². The molecule has 1 nitrogen and oxygen atoms in total. The van der Waals surface area contributed by atoms with Crippen LogP contribution in [0, 0.1) is 0 Å². The van der Waals surface area contributed by atoms with Crippen molar-refractivity contribution in [2.75, 3.05) is 0 Å². The summed E-state index contributed by atoms with van der Waals surface area (Å²) in [6.07, 6.45) is 0.937. The zero-order valence-electron chi connectivity index (χ0n) is 12.0. The van der Waals surface area contributed by atoms with Gasteiger partial charge in [-0.1, -0.05) is 59.9 Å². The van der Waals surface area contributed by atoms with Gasteiger partial charge in [-0.15, -0.1) is 0 Å². The summed E-state index contributed by atoms with van der Waals surface area (Å²) in [5, 5.41) is 5.70. The van der Waals surface area contributed by atoms with Crippen LogP contribution in [0.2, 0.25) is 15.1 Å². The van der Waals surface area contributed by atoms with Crippen molar-refractivity contribution in [1.29, 1.82) is 0 Å². The fourth-order valence-electron chi connectivity index (χ4n) is 2.39. The lowest BCUT2D eigenvalue weighted by molar-refractivity contribution is 0.456. The van der Waals surface area contributed by atoms with Crippen LogP contribution in [0.1, 0.15) is 43.5 Å². The van der Waals surface area contributed by atoms with Gasteiger partial charge in [0.05, 0.1) is 0 Å². The second-order valence-electron chi connectivity index (χ2n) is 5.07. The average Bonchev–Trinajstić information content (AvgIpc) is 2.45. The van der Waals surface area contributed by atoms with Crippen LogP contribution in [-0.4, -0.2) is 0 Å². The molecule has 2 atom stereocenters. The molecule has 0 heterocycles. The molecule has 0 aliphatic heterocycles. The number of hydrogen-bond donors (Lipinski definition) is 1. The van der Waals surface area contributed by atoms with Gasteiger partial charge in [0, 0.05) is 27.2 Å². The van der Waals surface area contributed by atoms with E-state index in [2.05, 4.69) is 25.2 Å². The van der Waals surface area contributed by atoms with Crippen molar-refractivity contribution in [3.63, 3.8) is 0 Å². The third-order valence-electron chi connectivity index (χ3n) is 3.55. The Hall–Kier alpha value is -0.730. The summed E-state index contributed by atoms with van der Waals surface area (Å²) < 4.78 is 0. The van der Waals surface area contributed by atoms with Gasteiger partial charge in [0.2, 0.25) is 0 Å². The van der Waals surface area contributed by atoms with E-state index in [1.807, 2.05) is 30.3 Å². The molecule has 2 aromatic carbocycles. The summed E-state index contributed by atoms with van der Waals surface area (Å²) in [6.45, 7) is 4.26. The van der Waals surface area contributed by atoms with E-state index in [1.54, 1.807) is 6.07 Å². The Kier molecular flexibility index (Phi) is 5.95. The van der Waals surface area contributed by atoms with Crippen molar-refractivity contribution in [2.45, 2.75) is 32.4 Å². The molecule has 0 saturated heterocycles. The topological polar surface area (TPSA) is 12.0 Å². The summed E-state index contributed by atoms with van der Waals surface area (Å²) in [5.74, 6) is 0. The molecule has 0 bridgehead atoms. The Morgan fingerprint density at radius 1 is 1.00 bits per heavy atom. The summed E-state index contributed by atoms with van der Waals surface area (Å²) >= 11 is 18.3. The van der Waals surface area contributed by atoms with Crippen molar-refractivity contribution < 1.29 is 0 Å². The number of rotatable bonds is 5. The second-order valence-corrected chi connectivity index (χ2v) is 6.35. The molecule has 2 aromatic rings. The Labute approximate surface area is 141 Å². The number of nitrogens with one attached hydrogen (secondary N) is 1. The largest absolute Gasteiger partial charge is 0.303 e. The third-order valence-corrected chi connectivity index (χ3v) is 4.34. The molecule has 0 amide bonds. The SMILES string of the molecule is CCC(N[C@@H](C)c1cccc(Cl)c1)c1ccc(Cl)cc1Cl. The highest BCUT2D eigenvalue weighted by Crippen LogP contribution is 2.30. The van der Waals surface area contributed by atoms with Crippen LogP contribution >= 0.6 is 34.8 Å². The van der Waals surface area contributed by atoms with E-state index in [1.165, 1.54) is 0 Å². The van der Waals surface area contributed by atoms with Crippen molar-refractivity contribution in [1.82, 2.24) is 5.32 Å². The normalized spacial score (nSPS) is 14.0. The van der Waals surface area contributed by atoms with Gasteiger partial charge in [-0.25, -0.2) is 0 Å². The maximum Gasteiger partial charge on any atom is 0.0468 e. The van der Waals surface area contributed by atoms with Gasteiger partial charge in [0.15, 0.2) is 0 Å². The Bertz CT molecular complexity index is 613. The van der Waals surface area contributed by atoms with Crippen molar-refractivity contribution >= 4 is 34.8 Å². The highest BCUT2D eigenvalue weighted by atomic mass is 35.5. The van der Waals surface area contributed by atoms with Crippen molar-refractivity contribution in [2.24, 2.45) is 0 Å². The highest BCUT2D eigenvalue weighted by Gasteiger charge is 2.16. The van der Waals surface area contributed by atoms with Gasteiger partial charge in [-0.2, -0.15) is 0 Å². The first kappa shape index (κ1) is 16.6. The molecule has 0 spiro atoms. The standard InChI is InChI=1S/C17H18Cl3N/c1-3-17(15-8-7-14(19)10-16(15)20)21-11(2)12-5-4-6-13(18)9-12/h4-11,17,21H,3H2,1-2H3/t11-,17?/m0/s1. The smallest absolute Gasteiger partial charge is 0.0468 e. The van der Waals surface area contributed by atoms with E-state index >= 15 is 0 Å². The lowest BCUT2D eigenvalue weighted by atomic mass is 10.0. The molecule has 2 rings (SSSR count). The molecule has 0 aromatic heterocycles. The average molecular weight is 343 g/mol. The predicted molar refractivity (Wildman–Crippen MR) is 92.5 cm³/mol. The third kappa shape index (κ3) is 4.37. The van der Waals surface area contributed by atoms with Crippen molar-refractivity contribution in [3.8, 4) is 0 Å². The van der Waals surface area contributed by atoms with Gasteiger partial charge >= 0.3 is 0 Å². The lowest BCUT2D eigenvalue weighted by Crippen LogP contribution is -2.24. The molecule has 0 saturated carbocycles. The fraction of sp³-hybridized carbons (Fsp3) is 0.294. The Morgan fingerprint density at radius 2 is 1.71 bits per heavy atom. The first-order valence-electron chi connectivity index (χ1n) is 6.97. The van der Waals surface area contributed by atoms with Crippen LogP contribution in [0.25, 0.3) is 0 Å². The predicted octanol–water partition coefficient (Wildman–Crippen LogP) is 6.45. The van der Waals surface area contributed by atoms with E-state index in [0.717, 1.165) is 22.6 Å². The molecule has 0 fully saturated rings. The zero-order valence-corrected chi connectivity index (χ0v) is 14.3. The number of halogens is 3. The van der Waals surface area contributed by atoms with Gasteiger partial charge in [-0.3, -0.25) is 0 Å². The fourth-order valence-corrected chi connectivity index (χ4v) is 3.12. The van der Waals surface area contributed by atoms with Crippen LogP contribution in [-0.2, 0) is 0 Å². The zero-order chi connectivity index (χ0) is 15.4. The lowest BCUT2D eigenvalue weighted by Gasteiger charge is -2.24. The minimum Gasteiger partial charge on any atom is -0.303 e. The van der Waals surface area contributed by atoms with E-state index in [-0.39, 0.29) is 12.1 Å². The summed E-state index contributed by atoms with van der Waals surface area (Å²) in [5.41, 5.74) is 2.23. The van der Waals surface area contributed by atoms with E-state index in [4.69, 9.17) is 34.8 Å². The van der Waals surface area contributed by atoms with Crippen LogP contribution in [0.4, 0.5) is 0 Å². The van der Waals surface area contributed by atoms with Crippen LogP contribution in [0.3, 0.4) is 0 Å². The minimum absolute atomic E-state index is 0.170. The molecular formula is C17H18Cl3N. The number of hydrogen-bond acceptors (Lipinski definition) is 1. The molecular weight excluding hydrogens is 325 g/mol. The summed E-state index contributed by atoms with van der Waals surface area (Å²) in [6, 6.07) is 13.9. The molecule has 112 valence electrons. The highest BCUT2D eigenvalue weighted by molar-refractivity contribution is 6.35. The van der Waals surface area contributed by atoms with E-state index in [0.29, 0.717) is 10.0 Å². The molecule has 4 heteroatoms. The van der Waals surface area contributed by atoms with E-state index < -0.39 is 0 Å². The monoisotopic (exact) mass is 341 g/mol. The van der Waals surface area contributed by atoms with Crippen LogP contribution in [0.5, 0.6) is 0 Å².